The van der Waals surface area contributed by atoms with E-state index in [1.807, 2.05) is 41.9 Å². The first-order valence-corrected chi connectivity index (χ1v) is 5.48. The Bertz CT molecular complexity index is 545. The van der Waals surface area contributed by atoms with Crippen molar-refractivity contribution < 1.29 is 0 Å². The Labute approximate surface area is 94.7 Å². The molecule has 1 aromatic heterocycles. The zero-order valence-electron chi connectivity index (χ0n) is 9.60. The van der Waals surface area contributed by atoms with Crippen LogP contribution in [-0.4, -0.2) is 17.7 Å². The summed E-state index contributed by atoms with van der Waals surface area (Å²) in [6.07, 6.45) is 0. The molecule has 0 fully saturated rings. The third-order valence-corrected chi connectivity index (χ3v) is 2.85. The molecular weight excluding hydrogens is 200 g/mol. The van der Waals surface area contributed by atoms with Gasteiger partial charge in [0.1, 0.15) is 0 Å². The van der Waals surface area contributed by atoms with E-state index in [1.165, 1.54) is 0 Å². The molecule has 0 saturated heterocycles. The van der Waals surface area contributed by atoms with E-state index < -0.39 is 0 Å². The van der Waals surface area contributed by atoms with Crippen LogP contribution in [0.4, 0.5) is 0 Å². The molecule has 0 saturated carbocycles. The number of hydrogen-bond donors (Lipinski definition) is 1. The summed E-state index contributed by atoms with van der Waals surface area (Å²) < 4.78 is 1.82. The number of para-hydroxylation sites is 1. The molecular formula is C13H16N2O. The van der Waals surface area contributed by atoms with Crippen molar-refractivity contribution in [2.75, 3.05) is 7.05 Å². The molecule has 3 heteroatoms. The third-order valence-electron chi connectivity index (χ3n) is 2.85. The number of rotatable bonds is 3. The van der Waals surface area contributed by atoms with Crippen LogP contribution in [0, 0.1) is 0 Å². The summed E-state index contributed by atoms with van der Waals surface area (Å²) in [5, 5.41) is 4.25. The topological polar surface area (TPSA) is 34.0 Å². The minimum atomic E-state index is 0.0563. The number of benzene rings is 1. The van der Waals surface area contributed by atoms with Crippen LogP contribution in [0.3, 0.4) is 0 Å². The van der Waals surface area contributed by atoms with E-state index in [0.29, 0.717) is 6.54 Å². The van der Waals surface area contributed by atoms with Gasteiger partial charge in [0.25, 0.3) is 5.56 Å². The molecule has 1 atom stereocenters. The van der Waals surface area contributed by atoms with Crippen molar-refractivity contribution in [3.63, 3.8) is 0 Å². The van der Waals surface area contributed by atoms with Gasteiger partial charge in [-0.1, -0.05) is 18.2 Å². The number of pyridine rings is 1. The number of nitrogens with zero attached hydrogens (tertiary/aromatic N) is 1. The number of fused-ring (bicyclic) bond motifs is 1. The highest BCUT2D eigenvalue weighted by atomic mass is 16.1. The van der Waals surface area contributed by atoms with E-state index in [1.54, 1.807) is 6.07 Å². The zero-order chi connectivity index (χ0) is 11.5. The molecule has 84 valence electrons. The van der Waals surface area contributed by atoms with E-state index in [4.69, 9.17) is 0 Å². The van der Waals surface area contributed by atoms with E-state index in [9.17, 15) is 4.79 Å². The Morgan fingerprint density at radius 2 is 2.00 bits per heavy atom. The molecule has 0 aliphatic rings. The second kappa shape index (κ2) is 4.49. The van der Waals surface area contributed by atoms with Crippen LogP contribution in [0.1, 0.15) is 6.92 Å². The van der Waals surface area contributed by atoms with Crippen LogP contribution in [-0.2, 0) is 6.54 Å². The van der Waals surface area contributed by atoms with Gasteiger partial charge in [-0.15, -0.1) is 0 Å². The molecule has 0 amide bonds. The van der Waals surface area contributed by atoms with Crippen LogP contribution in [0.15, 0.2) is 41.2 Å². The third kappa shape index (κ3) is 1.99. The number of aromatic nitrogens is 1. The summed E-state index contributed by atoms with van der Waals surface area (Å²) in [5.74, 6) is 0. The maximum Gasteiger partial charge on any atom is 0.251 e. The molecule has 0 aliphatic carbocycles. The number of likely N-dealkylation sites (N-methyl/N-ethyl adjacent to an activating group) is 1. The normalized spacial score (nSPS) is 12.9. The van der Waals surface area contributed by atoms with Gasteiger partial charge in [0.05, 0.1) is 5.52 Å². The number of nitrogens with one attached hydrogen (secondary N) is 1. The molecule has 0 radical (unpaired) electrons. The van der Waals surface area contributed by atoms with Gasteiger partial charge < -0.3 is 9.88 Å². The Balaban J connectivity index is 2.57. The van der Waals surface area contributed by atoms with Gasteiger partial charge in [0, 0.05) is 18.7 Å². The first-order chi connectivity index (χ1) is 7.72. The lowest BCUT2D eigenvalue weighted by molar-refractivity contribution is 0.516. The second-order valence-electron chi connectivity index (χ2n) is 4.03. The van der Waals surface area contributed by atoms with Gasteiger partial charge in [-0.3, -0.25) is 4.79 Å². The molecule has 16 heavy (non-hydrogen) atoms. The molecule has 1 heterocycles. The van der Waals surface area contributed by atoms with E-state index in [2.05, 4.69) is 12.2 Å². The Kier molecular flexibility index (Phi) is 3.06. The van der Waals surface area contributed by atoms with Gasteiger partial charge in [-0.05, 0) is 31.5 Å². The molecule has 3 nitrogen and oxygen atoms in total. The fourth-order valence-electron chi connectivity index (χ4n) is 1.80. The minimum Gasteiger partial charge on any atom is -0.315 e. The molecule has 0 aliphatic heterocycles. The minimum absolute atomic E-state index is 0.0563. The van der Waals surface area contributed by atoms with Crippen molar-refractivity contribution in [2.45, 2.75) is 19.5 Å². The highest BCUT2D eigenvalue weighted by Gasteiger charge is 2.05. The second-order valence-corrected chi connectivity index (χ2v) is 4.03. The standard InChI is InChI=1S/C13H16N2O/c1-10(14-2)9-15-12-6-4-3-5-11(12)7-8-13(15)16/h3-8,10,14H,9H2,1-2H3. The van der Waals surface area contributed by atoms with Crippen LogP contribution < -0.4 is 10.9 Å². The van der Waals surface area contributed by atoms with Crippen LogP contribution in [0.25, 0.3) is 10.9 Å². The lowest BCUT2D eigenvalue weighted by atomic mass is 10.2. The van der Waals surface area contributed by atoms with Gasteiger partial charge in [0.15, 0.2) is 0 Å². The fraction of sp³-hybridized carbons (Fsp3) is 0.308. The van der Waals surface area contributed by atoms with Crippen molar-refractivity contribution in [3.8, 4) is 0 Å². The maximum absolute atomic E-state index is 11.8. The predicted molar refractivity (Wildman–Crippen MR) is 66.7 cm³/mol. The summed E-state index contributed by atoms with van der Waals surface area (Å²) in [6, 6.07) is 11.7. The molecule has 0 spiro atoms. The lowest BCUT2D eigenvalue weighted by Gasteiger charge is -2.14. The van der Waals surface area contributed by atoms with Gasteiger partial charge in [0.2, 0.25) is 0 Å². The van der Waals surface area contributed by atoms with Crippen molar-refractivity contribution >= 4 is 10.9 Å². The average molecular weight is 216 g/mol. The van der Waals surface area contributed by atoms with Gasteiger partial charge in [-0.25, -0.2) is 0 Å². The van der Waals surface area contributed by atoms with Crippen LogP contribution >= 0.6 is 0 Å². The summed E-state index contributed by atoms with van der Waals surface area (Å²) in [7, 11) is 1.90. The van der Waals surface area contributed by atoms with E-state index in [0.717, 1.165) is 10.9 Å². The Hall–Kier alpha value is -1.61. The summed E-state index contributed by atoms with van der Waals surface area (Å²) in [5.41, 5.74) is 1.05. The van der Waals surface area contributed by atoms with Crippen LogP contribution in [0.5, 0.6) is 0 Å². The fourth-order valence-corrected chi connectivity index (χ4v) is 1.80. The average Bonchev–Trinajstić information content (AvgIpc) is 2.32. The number of hydrogen-bond acceptors (Lipinski definition) is 2. The monoisotopic (exact) mass is 216 g/mol. The molecule has 2 aromatic rings. The summed E-state index contributed by atoms with van der Waals surface area (Å²) in [4.78, 5) is 11.8. The molecule has 1 N–H and O–H groups in total. The van der Waals surface area contributed by atoms with Crippen molar-refractivity contribution in [2.24, 2.45) is 0 Å². The van der Waals surface area contributed by atoms with Crippen molar-refractivity contribution in [1.82, 2.24) is 9.88 Å². The lowest BCUT2D eigenvalue weighted by Crippen LogP contribution is -2.32. The highest BCUT2D eigenvalue weighted by molar-refractivity contribution is 5.78. The summed E-state index contributed by atoms with van der Waals surface area (Å²) in [6.45, 7) is 2.75. The maximum atomic E-state index is 11.8. The van der Waals surface area contributed by atoms with Crippen molar-refractivity contribution in [3.05, 3.63) is 46.8 Å². The summed E-state index contributed by atoms with van der Waals surface area (Å²) >= 11 is 0. The predicted octanol–water partition coefficient (Wildman–Crippen LogP) is 1.61. The van der Waals surface area contributed by atoms with E-state index in [-0.39, 0.29) is 11.6 Å². The molecule has 1 aromatic carbocycles. The Morgan fingerprint density at radius 3 is 2.75 bits per heavy atom. The SMILES string of the molecule is CNC(C)Cn1c(=O)ccc2ccccc21. The highest BCUT2D eigenvalue weighted by Crippen LogP contribution is 2.11. The first-order valence-electron chi connectivity index (χ1n) is 5.48. The molecule has 0 bridgehead atoms. The first kappa shape index (κ1) is 10.9. The van der Waals surface area contributed by atoms with Crippen LogP contribution in [0.2, 0.25) is 0 Å². The smallest absolute Gasteiger partial charge is 0.251 e. The quantitative estimate of drug-likeness (QED) is 0.845. The molecule has 1 unspecified atom stereocenters. The molecule has 2 rings (SSSR count). The largest absolute Gasteiger partial charge is 0.315 e. The van der Waals surface area contributed by atoms with Gasteiger partial charge >= 0.3 is 0 Å². The van der Waals surface area contributed by atoms with Crippen molar-refractivity contribution in [1.29, 1.82) is 0 Å². The van der Waals surface area contributed by atoms with Gasteiger partial charge in [-0.2, -0.15) is 0 Å². The zero-order valence-corrected chi connectivity index (χ0v) is 9.60. The van der Waals surface area contributed by atoms with E-state index >= 15 is 0 Å². The Morgan fingerprint density at radius 1 is 1.25 bits per heavy atom.